The van der Waals surface area contributed by atoms with Crippen LogP contribution in [0.3, 0.4) is 0 Å². The van der Waals surface area contributed by atoms with Gasteiger partial charge in [0.25, 0.3) is 5.91 Å². The zero-order valence-corrected chi connectivity index (χ0v) is 17.6. The molecule has 0 saturated heterocycles. The van der Waals surface area contributed by atoms with Crippen molar-refractivity contribution in [1.29, 1.82) is 0 Å². The third kappa shape index (κ3) is 7.33. The van der Waals surface area contributed by atoms with Crippen molar-refractivity contribution in [2.45, 2.75) is 26.3 Å². The molecule has 0 aliphatic rings. The van der Waals surface area contributed by atoms with E-state index in [0.29, 0.717) is 11.4 Å². The number of amides is 2. The summed E-state index contributed by atoms with van der Waals surface area (Å²) in [5, 5.41) is 5.98. The van der Waals surface area contributed by atoms with Crippen LogP contribution < -0.4 is 10.6 Å². The molecule has 1 atom stereocenters. The Bertz CT molecular complexity index is 980. The van der Waals surface area contributed by atoms with Gasteiger partial charge in [-0.15, -0.1) is 0 Å². The highest BCUT2D eigenvalue weighted by atomic mass is 35.5. The van der Waals surface area contributed by atoms with Crippen molar-refractivity contribution >= 4 is 29.6 Å². The number of carbonyl (C=O) groups is 2. The van der Waals surface area contributed by atoms with E-state index in [9.17, 15) is 14.0 Å². The molecule has 3 aromatic carbocycles. The van der Waals surface area contributed by atoms with Gasteiger partial charge in [0.05, 0.1) is 5.56 Å². The maximum Gasteiger partial charge on any atom is 0.254 e. The number of hydrogen-bond donors (Lipinski definition) is 2. The number of anilines is 1. The average Bonchev–Trinajstić information content (AvgIpc) is 2.72. The smallest absolute Gasteiger partial charge is 0.254 e. The van der Waals surface area contributed by atoms with Gasteiger partial charge in [0.15, 0.2) is 0 Å². The molecule has 0 bridgehead atoms. The van der Waals surface area contributed by atoms with E-state index in [1.165, 1.54) is 12.1 Å². The third-order valence-corrected chi connectivity index (χ3v) is 4.53. The molecule has 0 aliphatic carbocycles. The van der Waals surface area contributed by atoms with Crippen LogP contribution in [0.5, 0.6) is 0 Å². The van der Waals surface area contributed by atoms with E-state index in [1.54, 1.807) is 24.3 Å². The van der Waals surface area contributed by atoms with Crippen LogP contribution in [0.1, 0.15) is 28.4 Å². The summed E-state index contributed by atoms with van der Waals surface area (Å²) in [6.07, 6.45) is 1.36. The van der Waals surface area contributed by atoms with Gasteiger partial charge in [0.2, 0.25) is 6.41 Å². The van der Waals surface area contributed by atoms with Gasteiger partial charge in [-0.25, -0.2) is 4.39 Å². The van der Waals surface area contributed by atoms with Crippen molar-refractivity contribution in [2.24, 2.45) is 0 Å². The van der Waals surface area contributed by atoms with Gasteiger partial charge in [-0.2, -0.15) is 0 Å². The highest BCUT2D eigenvalue weighted by Gasteiger charge is 2.13. The molecule has 4 nitrogen and oxygen atoms in total. The minimum atomic E-state index is -0.494. The van der Waals surface area contributed by atoms with Gasteiger partial charge >= 0.3 is 0 Å². The molecule has 156 valence electrons. The minimum absolute atomic E-state index is 0.0468. The lowest BCUT2D eigenvalue weighted by atomic mass is 10.1. The summed E-state index contributed by atoms with van der Waals surface area (Å²) in [7, 11) is 0. The van der Waals surface area contributed by atoms with Gasteiger partial charge in [-0.05, 0) is 55.7 Å². The zero-order valence-electron chi connectivity index (χ0n) is 16.9. The number of halogens is 2. The van der Waals surface area contributed by atoms with Crippen molar-refractivity contribution < 1.29 is 14.0 Å². The Morgan fingerprint density at radius 3 is 2.40 bits per heavy atom. The number of aryl methyl sites for hydroxylation is 1. The second-order valence-corrected chi connectivity index (χ2v) is 7.20. The van der Waals surface area contributed by atoms with E-state index < -0.39 is 5.82 Å². The van der Waals surface area contributed by atoms with Crippen molar-refractivity contribution in [3.63, 3.8) is 0 Å². The predicted octanol–water partition coefficient (Wildman–Crippen LogP) is 5.40. The van der Waals surface area contributed by atoms with Crippen molar-refractivity contribution in [3.05, 3.63) is 100 Å². The van der Waals surface area contributed by atoms with E-state index >= 15 is 0 Å². The maximum atomic E-state index is 13.5. The molecular weight excluding hydrogens is 403 g/mol. The molecule has 3 aromatic rings. The molecule has 3 rings (SSSR count). The summed E-state index contributed by atoms with van der Waals surface area (Å²) in [6, 6.07) is 21.2. The van der Waals surface area contributed by atoms with Gasteiger partial charge < -0.3 is 10.6 Å². The van der Waals surface area contributed by atoms with Crippen LogP contribution in [0.4, 0.5) is 10.1 Å². The Hall–Kier alpha value is -3.18. The lowest BCUT2D eigenvalue weighted by molar-refractivity contribution is -0.105. The van der Waals surface area contributed by atoms with Crippen LogP contribution in [0.15, 0.2) is 72.8 Å². The Morgan fingerprint density at radius 2 is 1.73 bits per heavy atom. The molecule has 0 aliphatic heterocycles. The summed E-state index contributed by atoms with van der Waals surface area (Å²) >= 11 is 5.70. The fraction of sp³-hybridized carbons (Fsp3) is 0.167. The quantitative estimate of drug-likeness (QED) is 0.518. The van der Waals surface area contributed by atoms with Gasteiger partial charge in [-0.3, -0.25) is 9.59 Å². The number of benzene rings is 3. The maximum absolute atomic E-state index is 13.5. The second-order valence-electron chi connectivity index (χ2n) is 6.77. The third-order valence-electron chi connectivity index (χ3n) is 4.29. The lowest BCUT2D eigenvalue weighted by Crippen LogP contribution is -2.34. The van der Waals surface area contributed by atoms with Crippen LogP contribution in [0, 0.1) is 12.7 Å². The Labute approximate surface area is 181 Å². The van der Waals surface area contributed by atoms with Crippen molar-refractivity contribution in [1.82, 2.24) is 5.32 Å². The van der Waals surface area contributed by atoms with E-state index in [2.05, 4.69) is 10.6 Å². The fourth-order valence-electron chi connectivity index (χ4n) is 2.78. The van der Waals surface area contributed by atoms with E-state index in [1.807, 2.05) is 50.2 Å². The summed E-state index contributed by atoms with van der Waals surface area (Å²) in [4.78, 5) is 22.0. The molecule has 0 radical (unpaired) electrons. The largest absolute Gasteiger partial charge is 0.349 e. The number of hydrogen-bond acceptors (Lipinski definition) is 2. The highest BCUT2D eigenvalue weighted by Crippen LogP contribution is 2.19. The number of nitrogens with one attached hydrogen (secondary N) is 2. The molecule has 0 heterocycles. The van der Waals surface area contributed by atoms with Gasteiger partial charge in [0.1, 0.15) is 5.82 Å². The van der Waals surface area contributed by atoms with Gasteiger partial charge in [0, 0.05) is 16.8 Å². The van der Waals surface area contributed by atoms with Crippen molar-refractivity contribution in [3.8, 4) is 0 Å². The summed E-state index contributed by atoms with van der Waals surface area (Å²) in [6.45, 7) is 3.81. The van der Waals surface area contributed by atoms with Crippen LogP contribution >= 0.6 is 11.6 Å². The summed E-state index contributed by atoms with van der Waals surface area (Å²) in [5.41, 5.74) is 2.99. The molecule has 1 unspecified atom stereocenters. The minimum Gasteiger partial charge on any atom is -0.349 e. The molecule has 30 heavy (non-hydrogen) atoms. The molecule has 2 N–H and O–H groups in total. The number of rotatable bonds is 6. The molecule has 6 heteroatoms. The Morgan fingerprint density at radius 1 is 1.07 bits per heavy atom. The molecular formula is C24H24ClFN2O2. The van der Waals surface area contributed by atoms with E-state index in [4.69, 9.17) is 11.6 Å². The van der Waals surface area contributed by atoms with Crippen molar-refractivity contribution in [2.75, 3.05) is 5.32 Å². The standard InChI is InChI=1S/C16H16FNO.C8H8ClNO/c1-12(11-13-7-3-2-4-8-13)18-16(19)14-9-5-6-10-15(14)17;1-6-2-3-7(9)4-8(6)10-5-11/h2-10,12H,11H2,1H3,(H,18,19);2-5H,1H3,(H,10,11). The van der Waals surface area contributed by atoms with E-state index in [-0.39, 0.29) is 17.5 Å². The first kappa shape index (κ1) is 23.1. The molecule has 0 spiro atoms. The van der Waals surface area contributed by atoms with E-state index in [0.717, 1.165) is 23.2 Å². The first-order valence-corrected chi connectivity index (χ1v) is 9.84. The topological polar surface area (TPSA) is 58.2 Å². The lowest BCUT2D eigenvalue weighted by Gasteiger charge is -2.14. The zero-order chi connectivity index (χ0) is 21.9. The van der Waals surface area contributed by atoms with Crippen LogP contribution in [-0.2, 0) is 11.2 Å². The first-order chi connectivity index (χ1) is 14.4. The normalized spacial score (nSPS) is 10.9. The monoisotopic (exact) mass is 426 g/mol. The fourth-order valence-corrected chi connectivity index (χ4v) is 2.95. The van der Waals surface area contributed by atoms with Crippen LogP contribution in [-0.4, -0.2) is 18.4 Å². The Balaban J connectivity index is 0.000000248. The molecule has 0 saturated carbocycles. The summed E-state index contributed by atoms with van der Waals surface area (Å²) < 4.78 is 13.5. The molecule has 2 amide bonds. The first-order valence-electron chi connectivity index (χ1n) is 9.46. The average molecular weight is 427 g/mol. The molecule has 0 aromatic heterocycles. The van der Waals surface area contributed by atoms with Gasteiger partial charge in [-0.1, -0.05) is 60.1 Å². The SMILES string of the molecule is CC(Cc1ccccc1)NC(=O)c1ccccc1F.Cc1ccc(Cl)cc1NC=O. The molecule has 0 fully saturated rings. The second kappa shape index (κ2) is 11.7. The van der Waals surface area contributed by atoms with Crippen LogP contribution in [0.25, 0.3) is 0 Å². The predicted molar refractivity (Wildman–Crippen MR) is 119 cm³/mol. The van der Waals surface area contributed by atoms with Crippen LogP contribution in [0.2, 0.25) is 5.02 Å². The summed E-state index contributed by atoms with van der Waals surface area (Å²) in [5.74, 6) is -0.867. The number of carbonyl (C=O) groups excluding carboxylic acids is 2. The Kier molecular flexibility index (Phi) is 9.03. The highest BCUT2D eigenvalue weighted by molar-refractivity contribution is 6.30.